The van der Waals surface area contributed by atoms with Gasteiger partial charge in [0.25, 0.3) is 8.32 Å². The second kappa shape index (κ2) is 31.2. The third-order valence-corrected chi connectivity index (χ3v) is 19.7. The van der Waals surface area contributed by atoms with Crippen LogP contribution in [0, 0.1) is 0 Å². The molecule has 0 saturated carbocycles. The zero-order valence-corrected chi connectivity index (χ0v) is 38.0. The van der Waals surface area contributed by atoms with E-state index in [1.54, 1.807) is 0 Å². The predicted octanol–water partition coefficient (Wildman–Crippen LogP) is 13.9. The van der Waals surface area contributed by atoms with Crippen LogP contribution < -0.4 is 10.4 Å². The fourth-order valence-corrected chi connectivity index (χ4v) is 15.7. The molecule has 0 aromatic heterocycles. The van der Waals surface area contributed by atoms with Gasteiger partial charge in [0, 0.05) is 6.10 Å². The van der Waals surface area contributed by atoms with Gasteiger partial charge in [-0.05, 0) is 113 Å². The maximum atomic E-state index is 7.73. The van der Waals surface area contributed by atoms with Gasteiger partial charge in [-0.15, -0.1) is 0 Å². The number of benzene rings is 2. The van der Waals surface area contributed by atoms with E-state index >= 15 is 0 Å². The molecule has 0 bridgehead atoms. The largest absolute Gasteiger partial charge is 0.404 e. The van der Waals surface area contributed by atoms with Crippen LogP contribution in [0.3, 0.4) is 0 Å². The molecule has 0 amide bonds. The lowest BCUT2D eigenvalue weighted by molar-refractivity contribution is 0.160. The molecule has 2 aromatic carbocycles. The molecule has 0 N–H and O–H groups in total. The van der Waals surface area contributed by atoms with Crippen molar-refractivity contribution in [3.8, 4) is 0 Å². The van der Waals surface area contributed by atoms with Crippen molar-refractivity contribution in [2.24, 2.45) is 0 Å². The number of unbranched alkanes of at least 4 members (excludes halogenated alkanes) is 10. The molecule has 0 unspecified atom stereocenters. The van der Waals surface area contributed by atoms with Crippen molar-refractivity contribution >= 4 is 65.7 Å². The molecule has 0 heterocycles. The van der Waals surface area contributed by atoms with Crippen LogP contribution in [-0.2, 0) is 4.43 Å². The molecule has 1 nitrogen and oxygen atoms in total. The Morgan fingerprint density at radius 3 is 1.16 bits per heavy atom. The molecule has 2 rings (SSSR count). The van der Waals surface area contributed by atoms with Crippen molar-refractivity contribution in [3.63, 3.8) is 0 Å². The van der Waals surface area contributed by atoms with E-state index in [4.69, 9.17) is 4.43 Å². The highest BCUT2D eigenvalue weighted by Gasteiger charge is 2.51. The molecule has 51 heavy (non-hydrogen) atoms. The number of rotatable bonds is 34. The minimum Gasteiger partial charge on any atom is -0.404 e. The Morgan fingerprint density at radius 1 is 0.451 bits per heavy atom. The van der Waals surface area contributed by atoms with E-state index in [1.165, 1.54) is 172 Å². The molecule has 2 aromatic rings. The van der Waals surface area contributed by atoms with Gasteiger partial charge in [-0.2, -0.15) is 47.0 Å². The van der Waals surface area contributed by atoms with Gasteiger partial charge in [-0.25, -0.2) is 0 Å². The zero-order valence-electron chi connectivity index (χ0n) is 33.8. The van der Waals surface area contributed by atoms with Crippen LogP contribution in [0.1, 0.15) is 150 Å². The molecular weight excluding hydrogens is 713 g/mol. The monoisotopic (exact) mass is 790 g/mol. The van der Waals surface area contributed by atoms with E-state index in [0.29, 0.717) is 6.10 Å². The van der Waals surface area contributed by atoms with Crippen LogP contribution in [-0.4, -0.2) is 60.4 Å². The third-order valence-electron chi connectivity index (χ3n) is 9.74. The smallest absolute Gasteiger partial charge is 0.261 e. The summed E-state index contributed by atoms with van der Waals surface area (Å²) in [6.45, 7) is 11.9. The molecule has 0 aliphatic heterocycles. The topological polar surface area (TPSA) is 9.23 Å². The lowest BCUT2D eigenvalue weighted by Gasteiger charge is -2.45. The Morgan fingerprint density at radius 2 is 0.784 bits per heavy atom. The highest BCUT2D eigenvalue weighted by molar-refractivity contribution is 8.00. The van der Waals surface area contributed by atoms with Gasteiger partial charge in [-0.3, -0.25) is 0 Å². The second-order valence-electron chi connectivity index (χ2n) is 15.4. The highest BCUT2D eigenvalue weighted by Crippen LogP contribution is 2.38. The normalized spacial score (nSPS) is 12.3. The van der Waals surface area contributed by atoms with Crippen molar-refractivity contribution in [2.75, 3.05) is 46.0 Å². The summed E-state index contributed by atoms with van der Waals surface area (Å²) < 4.78 is 7.73. The summed E-state index contributed by atoms with van der Waals surface area (Å²) in [6.07, 6.45) is 24.5. The van der Waals surface area contributed by atoms with Crippen LogP contribution in [0.15, 0.2) is 60.7 Å². The summed E-state index contributed by atoms with van der Waals surface area (Å²) in [6, 6.07) is 22.6. The number of hydrogen-bond acceptors (Lipinski definition) is 5. The average molecular weight is 791 g/mol. The summed E-state index contributed by atoms with van der Waals surface area (Å²) in [5.74, 6) is 10.8. The summed E-state index contributed by atoms with van der Waals surface area (Å²) in [5.41, 5.74) is 0. The molecule has 0 aliphatic rings. The molecule has 0 fully saturated rings. The van der Waals surface area contributed by atoms with Crippen molar-refractivity contribution in [3.05, 3.63) is 60.7 Å². The molecule has 0 spiro atoms. The van der Waals surface area contributed by atoms with Gasteiger partial charge in [0.2, 0.25) is 0 Å². The first-order valence-corrected chi connectivity index (χ1v) is 27.6. The molecule has 0 radical (unpaired) electrons. The predicted molar refractivity (Wildman–Crippen MR) is 246 cm³/mol. The Bertz CT molecular complexity index is 960. The van der Waals surface area contributed by atoms with Gasteiger partial charge >= 0.3 is 0 Å². The molecule has 0 aliphatic carbocycles. The highest BCUT2D eigenvalue weighted by atomic mass is 32.2. The van der Waals surface area contributed by atoms with Gasteiger partial charge < -0.3 is 4.43 Å². The fraction of sp³-hybridized carbons (Fsp3) is 0.733. The van der Waals surface area contributed by atoms with E-state index < -0.39 is 8.32 Å². The number of thioether (sulfide) groups is 4. The van der Waals surface area contributed by atoms with E-state index in [0.717, 1.165) is 0 Å². The summed E-state index contributed by atoms with van der Waals surface area (Å²) in [4.78, 5) is 0. The van der Waals surface area contributed by atoms with Crippen molar-refractivity contribution < 1.29 is 4.43 Å². The minimum atomic E-state index is -2.53. The zero-order chi connectivity index (χ0) is 36.7. The number of hydrogen-bond donors (Lipinski definition) is 0. The van der Waals surface area contributed by atoms with Crippen LogP contribution in [0.5, 0.6) is 0 Å². The first-order valence-electron chi connectivity index (χ1n) is 21.1. The quantitative estimate of drug-likeness (QED) is 0.0514. The SMILES string of the molecule is CCCSCCCSCCCCCCCCC(CCCCCCCCSCCCSCCC)O[Si](c1ccccc1)(c1ccccc1)C(C)(C)C. The Kier molecular flexibility index (Phi) is 28.9. The van der Waals surface area contributed by atoms with Gasteiger partial charge in [0.05, 0.1) is 0 Å². The first kappa shape index (κ1) is 47.2. The Labute approximate surface area is 336 Å². The fourth-order valence-electron chi connectivity index (χ4n) is 6.99. The summed E-state index contributed by atoms with van der Waals surface area (Å²) >= 11 is 8.61. The van der Waals surface area contributed by atoms with Crippen LogP contribution in [0.4, 0.5) is 0 Å². The standard InChI is InChI=1S/C45H78OS4Si/c1-6-34-47-38-26-40-49-36-24-14-10-8-12-18-28-42(29-19-13-9-11-15-25-37-50-41-27-39-48-35-7-2)46-51(45(3,4)5,43-30-20-16-21-31-43)44-32-22-17-23-33-44/h16-17,20-23,30-33,42H,6-15,18-19,24-29,34-41H2,1-5H3. The average Bonchev–Trinajstić information content (AvgIpc) is 3.14. The summed E-state index contributed by atoms with van der Waals surface area (Å²) in [7, 11) is -2.53. The van der Waals surface area contributed by atoms with Gasteiger partial charge in [-0.1, -0.05) is 159 Å². The molecule has 0 saturated heterocycles. The minimum absolute atomic E-state index is 0.0344. The Balaban J connectivity index is 1.87. The van der Waals surface area contributed by atoms with E-state index in [2.05, 4.69) is 142 Å². The van der Waals surface area contributed by atoms with Crippen LogP contribution in [0.25, 0.3) is 0 Å². The van der Waals surface area contributed by atoms with E-state index in [1.807, 2.05) is 0 Å². The van der Waals surface area contributed by atoms with E-state index in [9.17, 15) is 0 Å². The van der Waals surface area contributed by atoms with Crippen molar-refractivity contribution in [1.82, 2.24) is 0 Å². The van der Waals surface area contributed by atoms with Crippen molar-refractivity contribution in [2.45, 2.75) is 161 Å². The molecule has 6 heteroatoms. The molecular formula is C45H78OS4Si. The summed E-state index contributed by atoms with van der Waals surface area (Å²) in [5, 5.41) is 2.87. The Hall–Kier alpha value is 0.0169. The van der Waals surface area contributed by atoms with Gasteiger partial charge in [0.15, 0.2) is 0 Å². The molecule has 292 valence electrons. The third kappa shape index (κ3) is 21.0. The van der Waals surface area contributed by atoms with E-state index in [-0.39, 0.29) is 5.04 Å². The maximum Gasteiger partial charge on any atom is 0.261 e. The second-order valence-corrected chi connectivity index (χ2v) is 24.5. The first-order chi connectivity index (χ1) is 25.0. The van der Waals surface area contributed by atoms with Crippen LogP contribution >= 0.6 is 47.0 Å². The van der Waals surface area contributed by atoms with Crippen molar-refractivity contribution in [1.29, 1.82) is 0 Å². The van der Waals surface area contributed by atoms with Crippen LogP contribution in [0.2, 0.25) is 5.04 Å². The lowest BCUT2D eigenvalue weighted by atomic mass is 10.0. The molecule has 0 atom stereocenters. The lowest BCUT2D eigenvalue weighted by Crippen LogP contribution is -2.67. The van der Waals surface area contributed by atoms with Gasteiger partial charge in [0.1, 0.15) is 0 Å². The maximum absolute atomic E-state index is 7.73.